The van der Waals surface area contributed by atoms with E-state index < -0.39 is 6.10 Å². The number of aliphatic hydroxyl groups excluding tert-OH is 1. The number of aliphatic hydroxyl groups is 1. The number of aryl methyl sites for hydroxylation is 1. The third-order valence-electron chi connectivity index (χ3n) is 1.64. The van der Waals surface area contributed by atoms with Gasteiger partial charge in [-0.2, -0.15) is 11.6 Å². The van der Waals surface area contributed by atoms with Gasteiger partial charge in [0.25, 0.3) is 0 Å². The second kappa shape index (κ2) is 7.61. The van der Waals surface area contributed by atoms with Gasteiger partial charge in [0.15, 0.2) is 0 Å². The Bertz CT molecular complexity index is 307. The predicted molar refractivity (Wildman–Crippen MR) is 57.0 cm³/mol. The third kappa shape index (κ3) is 5.29. The number of ether oxygens (including phenoxy) is 1. The standard InChI is InChI=1S/C10H12BrO3.Y/c1-7-2-3-10(9(13)4-7)14-6-8(12)5-11;/h2-3,8,12-13H,5-6H2,1H3;/q-1;. The van der Waals surface area contributed by atoms with E-state index >= 15 is 0 Å². The number of aromatic hydroxyl groups is 1. The first kappa shape index (κ1) is 15.4. The van der Waals surface area contributed by atoms with Gasteiger partial charge in [-0.05, 0) is 0 Å². The van der Waals surface area contributed by atoms with Gasteiger partial charge in [-0.3, -0.25) is 0 Å². The molecule has 0 bridgehead atoms. The first-order valence-electron chi connectivity index (χ1n) is 4.22. The molecule has 1 unspecified atom stereocenters. The van der Waals surface area contributed by atoms with Crippen molar-refractivity contribution in [3.63, 3.8) is 0 Å². The molecule has 15 heavy (non-hydrogen) atoms. The van der Waals surface area contributed by atoms with Crippen molar-refractivity contribution in [1.29, 1.82) is 0 Å². The summed E-state index contributed by atoms with van der Waals surface area (Å²) in [5.74, 6) is 0.322. The smallest absolute Gasteiger partial charge is 0.0984 e. The molecule has 1 radical (unpaired) electrons. The number of phenolic OH excluding ortho intramolecular Hbond substituents is 1. The van der Waals surface area contributed by atoms with Crippen molar-refractivity contribution in [3.8, 4) is 11.5 Å². The summed E-state index contributed by atoms with van der Waals surface area (Å²) in [5, 5.41) is 19.1. The second-order valence-electron chi connectivity index (χ2n) is 2.97. The summed E-state index contributed by atoms with van der Waals surface area (Å²) < 4.78 is 5.18. The summed E-state index contributed by atoms with van der Waals surface area (Å²) in [6, 6.07) is 6.16. The zero-order chi connectivity index (χ0) is 10.6. The number of alkyl halides is 1. The normalized spacial score (nSPS) is 11.7. The van der Waals surface area contributed by atoms with Gasteiger partial charge in [-0.25, -0.2) is 0 Å². The van der Waals surface area contributed by atoms with Crippen LogP contribution in [-0.4, -0.2) is 28.3 Å². The summed E-state index contributed by atoms with van der Waals surface area (Å²) in [5.41, 5.74) is 0.843. The summed E-state index contributed by atoms with van der Waals surface area (Å²) in [4.78, 5) is 0. The van der Waals surface area contributed by atoms with Gasteiger partial charge in [0.2, 0.25) is 0 Å². The van der Waals surface area contributed by atoms with Crippen molar-refractivity contribution in [2.75, 3.05) is 11.9 Å². The fraction of sp³-hybridized carbons (Fsp3) is 0.400. The van der Waals surface area contributed by atoms with Gasteiger partial charge in [0, 0.05) is 49.5 Å². The molecule has 5 heteroatoms. The van der Waals surface area contributed by atoms with E-state index in [-0.39, 0.29) is 45.1 Å². The van der Waals surface area contributed by atoms with Gasteiger partial charge in [0.05, 0.1) is 12.7 Å². The average molecular weight is 349 g/mol. The molecule has 1 rings (SSSR count). The Balaban J connectivity index is 0.00000196. The van der Waals surface area contributed by atoms with Gasteiger partial charge < -0.3 is 14.9 Å². The largest absolute Gasteiger partial charge is 0.545 e. The first-order valence-corrected chi connectivity index (χ1v) is 5.34. The Morgan fingerprint density at radius 2 is 2.20 bits per heavy atom. The van der Waals surface area contributed by atoms with Gasteiger partial charge >= 0.3 is 0 Å². The van der Waals surface area contributed by atoms with Crippen LogP contribution in [-0.2, 0) is 32.7 Å². The van der Waals surface area contributed by atoms with Crippen LogP contribution in [0.25, 0.3) is 0 Å². The molecule has 0 spiro atoms. The average Bonchev–Trinajstić information content (AvgIpc) is 2.16. The van der Waals surface area contributed by atoms with Crippen LogP contribution in [0.4, 0.5) is 0 Å². The minimum absolute atomic E-state index is 0. The zero-order valence-electron chi connectivity index (χ0n) is 8.40. The van der Waals surface area contributed by atoms with Crippen LogP contribution in [0.1, 0.15) is 5.56 Å². The van der Waals surface area contributed by atoms with Crippen molar-refractivity contribution < 1.29 is 47.7 Å². The molecule has 0 saturated heterocycles. The first-order chi connectivity index (χ1) is 6.63. The van der Waals surface area contributed by atoms with E-state index in [9.17, 15) is 10.2 Å². The van der Waals surface area contributed by atoms with Crippen molar-refractivity contribution in [1.82, 2.24) is 0 Å². The molecule has 1 aromatic rings. The molecular weight excluding hydrogens is 337 g/mol. The van der Waals surface area contributed by atoms with Crippen molar-refractivity contribution in [3.05, 3.63) is 23.8 Å². The van der Waals surface area contributed by atoms with Crippen molar-refractivity contribution in [2.45, 2.75) is 13.0 Å². The second-order valence-corrected chi connectivity index (χ2v) is 3.62. The summed E-state index contributed by atoms with van der Waals surface area (Å²) in [6.07, 6.45) is -0.573. The Morgan fingerprint density at radius 3 is 2.73 bits per heavy atom. The molecule has 0 aliphatic carbocycles. The topological polar surface area (TPSA) is 49.7 Å². The van der Waals surface area contributed by atoms with Crippen LogP contribution in [0.3, 0.4) is 0 Å². The van der Waals surface area contributed by atoms with E-state index in [0.29, 0.717) is 11.1 Å². The van der Waals surface area contributed by atoms with Crippen molar-refractivity contribution in [2.24, 2.45) is 0 Å². The van der Waals surface area contributed by atoms with E-state index in [2.05, 4.69) is 22.0 Å². The fourth-order valence-corrected chi connectivity index (χ4v) is 1.10. The molecule has 0 heterocycles. The molecular formula is C10H12BrO3Y-. The van der Waals surface area contributed by atoms with Crippen LogP contribution >= 0.6 is 15.9 Å². The SMILES string of the molecule is Cc1[c-]c(O)c(OCC(O)CBr)cc1.[Y]. The van der Waals surface area contributed by atoms with E-state index in [4.69, 9.17) is 4.74 Å². The van der Waals surface area contributed by atoms with E-state index in [0.717, 1.165) is 5.56 Å². The monoisotopic (exact) mass is 348 g/mol. The Hall–Kier alpha value is 0.364. The molecule has 1 aromatic carbocycles. The summed E-state index contributed by atoms with van der Waals surface area (Å²) >= 11 is 3.12. The van der Waals surface area contributed by atoms with Crippen LogP contribution in [0.5, 0.6) is 11.5 Å². The molecule has 0 aromatic heterocycles. The summed E-state index contributed by atoms with van der Waals surface area (Å²) in [7, 11) is 0. The van der Waals surface area contributed by atoms with E-state index in [1.165, 1.54) is 0 Å². The van der Waals surface area contributed by atoms with Crippen LogP contribution in [0.15, 0.2) is 12.1 Å². The van der Waals surface area contributed by atoms with Gasteiger partial charge in [-0.1, -0.05) is 22.9 Å². The third-order valence-corrected chi connectivity index (χ3v) is 2.39. The molecule has 81 valence electrons. The molecule has 0 fully saturated rings. The number of rotatable bonds is 4. The minimum atomic E-state index is -0.573. The van der Waals surface area contributed by atoms with Crippen LogP contribution < -0.4 is 4.74 Å². The zero-order valence-corrected chi connectivity index (χ0v) is 12.8. The molecule has 0 saturated carbocycles. The van der Waals surface area contributed by atoms with Gasteiger partial charge in [0.1, 0.15) is 0 Å². The molecule has 0 aliphatic heterocycles. The van der Waals surface area contributed by atoms with Gasteiger partial charge in [-0.15, -0.1) is 12.1 Å². The molecule has 1 atom stereocenters. The summed E-state index contributed by atoms with van der Waals surface area (Å²) in [6.45, 7) is 1.98. The number of hydrogen-bond acceptors (Lipinski definition) is 3. The maximum absolute atomic E-state index is 9.40. The minimum Gasteiger partial charge on any atom is -0.545 e. The molecule has 2 N–H and O–H groups in total. The predicted octanol–water partition coefficient (Wildman–Crippen LogP) is 1.63. The number of hydrogen-bond donors (Lipinski definition) is 2. The van der Waals surface area contributed by atoms with Crippen LogP contribution in [0, 0.1) is 13.0 Å². The molecule has 0 amide bonds. The van der Waals surface area contributed by atoms with Crippen LogP contribution in [0.2, 0.25) is 0 Å². The quantitative estimate of drug-likeness (QED) is 0.642. The Kier molecular flexibility index (Phi) is 7.79. The van der Waals surface area contributed by atoms with E-state index in [1.54, 1.807) is 12.1 Å². The Morgan fingerprint density at radius 1 is 1.53 bits per heavy atom. The number of benzene rings is 1. The number of halogens is 1. The van der Waals surface area contributed by atoms with E-state index in [1.807, 2.05) is 6.92 Å². The fourth-order valence-electron chi connectivity index (χ4n) is 0.917. The molecule has 3 nitrogen and oxygen atoms in total. The number of phenols is 1. The maximum atomic E-state index is 9.40. The molecule has 0 aliphatic rings. The maximum Gasteiger partial charge on any atom is 0.0984 e. The Labute approximate surface area is 123 Å². The van der Waals surface area contributed by atoms with Crippen molar-refractivity contribution >= 4 is 15.9 Å².